The molecule has 1 aliphatic rings. The fourth-order valence-corrected chi connectivity index (χ4v) is 1.70. The van der Waals surface area contributed by atoms with Crippen molar-refractivity contribution in [2.24, 2.45) is 0 Å². The molecule has 0 aliphatic carbocycles. The molecule has 2 atom stereocenters. The molecule has 12 heavy (non-hydrogen) atoms. The third-order valence-electron chi connectivity index (χ3n) is 2.36. The van der Waals surface area contributed by atoms with Gasteiger partial charge in [-0.15, -0.1) is 0 Å². The molecule has 1 N–H and O–H groups in total. The first kappa shape index (κ1) is 9.68. The summed E-state index contributed by atoms with van der Waals surface area (Å²) in [7, 11) is 0. The zero-order valence-electron chi connectivity index (χ0n) is 7.45. The Balaban J connectivity index is 2.39. The van der Waals surface area contributed by atoms with Gasteiger partial charge in [-0.2, -0.15) is 0 Å². The molecular formula is C9H16O3. The lowest BCUT2D eigenvalue weighted by Crippen LogP contribution is -2.39. The minimum atomic E-state index is -0.654. The van der Waals surface area contributed by atoms with E-state index in [0.717, 1.165) is 6.29 Å². The molecule has 0 saturated carbocycles. The molecule has 0 radical (unpaired) electrons. The van der Waals surface area contributed by atoms with Gasteiger partial charge in [-0.1, -0.05) is 0 Å². The van der Waals surface area contributed by atoms with Crippen molar-refractivity contribution in [2.75, 3.05) is 6.61 Å². The van der Waals surface area contributed by atoms with Gasteiger partial charge in [0.25, 0.3) is 0 Å². The van der Waals surface area contributed by atoms with E-state index in [0.29, 0.717) is 32.3 Å². The summed E-state index contributed by atoms with van der Waals surface area (Å²) in [6.07, 6.45) is 3.31. The molecule has 1 rings (SSSR count). The SMILES string of the molecule is CC1CC(O)(CCC=O)CCO1. The van der Waals surface area contributed by atoms with Crippen LogP contribution in [0.15, 0.2) is 0 Å². The van der Waals surface area contributed by atoms with Crippen LogP contribution in [-0.4, -0.2) is 29.7 Å². The molecule has 0 aromatic rings. The molecule has 1 heterocycles. The van der Waals surface area contributed by atoms with Gasteiger partial charge < -0.3 is 14.6 Å². The van der Waals surface area contributed by atoms with Crippen LogP contribution in [0.4, 0.5) is 0 Å². The van der Waals surface area contributed by atoms with Crippen LogP contribution in [0, 0.1) is 0 Å². The number of hydrogen-bond donors (Lipinski definition) is 1. The van der Waals surface area contributed by atoms with E-state index in [1.54, 1.807) is 0 Å². The van der Waals surface area contributed by atoms with Crippen molar-refractivity contribution in [3.63, 3.8) is 0 Å². The minimum Gasteiger partial charge on any atom is -0.390 e. The monoisotopic (exact) mass is 172 g/mol. The Morgan fingerprint density at radius 1 is 1.75 bits per heavy atom. The summed E-state index contributed by atoms with van der Waals surface area (Å²) < 4.78 is 5.30. The Bertz CT molecular complexity index is 158. The second-order valence-corrected chi connectivity index (χ2v) is 3.57. The molecule has 0 spiro atoms. The molecule has 0 amide bonds. The van der Waals surface area contributed by atoms with Crippen molar-refractivity contribution in [1.29, 1.82) is 0 Å². The highest BCUT2D eigenvalue weighted by Crippen LogP contribution is 2.28. The average molecular weight is 172 g/mol. The Hall–Kier alpha value is -0.410. The van der Waals surface area contributed by atoms with E-state index in [9.17, 15) is 9.90 Å². The summed E-state index contributed by atoms with van der Waals surface area (Å²) in [6, 6.07) is 0. The van der Waals surface area contributed by atoms with Crippen LogP contribution in [0.5, 0.6) is 0 Å². The van der Waals surface area contributed by atoms with E-state index >= 15 is 0 Å². The lowest BCUT2D eigenvalue weighted by atomic mass is 9.87. The highest BCUT2D eigenvalue weighted by atomic mass is 16.5. The quantitative estimate of drug-likeness (QED) is 0.643. The fraction of sp³-hybridized carbons (Fsp3) is 0.889. The third kappa shape index (κ3) is 2.57. The van der Waals surface area contributed by atoms with Crippen LogP contribution in [0.2, 0.25) is 0 Å². The Morgan fingerprint density at radius 3 is 3.08 bits per heavy atom. The third-order valence-corrected chi connectivity index (χ3v) is 2.36. The van der Waals surface area contributed by atoms with Gasteiger partial charge in [-0.3, -0.25) is 0 Å². The maximum Gasteiger partial charge on any atom is 0.120 e. The minimum absolute atomic E-state index is 0.121. The number of aliphatic hydroxyl groups is 1. The number of rotatable bonds is 3. The van der Waals surface area contributed by atoms with Crippen LogP contribution in [-0.2, 0) is 9.53 Å². The number of hydrogen-bond acceptors (Lipinski definition) is 3. The first-order valence-electron chi connectivity index (χ1n) is 4.44. The first-order chi connectivity index (χ1) is 5.66. The number of carbonyl (C=O) groups excluding carboxylic acids is 1. The van der Waals surface area contributed by atoms with Gasteiger partial charge in [0, 0.05) is 19.4 Å². The molecule has 2 unspecified atom stereocenters. The smallest absolute Gasteiger partial charge is 0.120 e. The van der Waals surface area contributed by atoms with Gasteiger partial charge >= 0.3 is 0 Å². The largest absolute Gasteiger partial charge is 0.390 e. The summed E-state index contributed by atoms with van der Waals surface area (Å²) in [5, 5.41) is 9.93. The highest BCUT2D eigenvalue weighted by Gasteiger charge is 2.32. The normalized spacial score (nSPS) is 36.3. The van der Waals surface area contributed by atoms with Gasteiger partial charge in [0.15, 0.2) is 0 Å². The lowest BCUT2D eigenvalue weighted by molar-refractivity contribution is -0.115. The zero-order chi connectivity index (χ0) is 9.03. The molecule has 0 bridgehead atoms. The van der Waals surface area contributed by atoms with Crippen LogP contribution < -0.4 is 0 Å². The van der Waals surface area contributed by atoms with Crippen LogP contribution >= 0.6 is 0 Å². The molecule has 70 valence electrons. The Labute approximate surface area is 72.7 Å². The van der Waals surface area contributed by atoms with Crippen LogP contribution in [0.1, 0.15) is 32.6 Å². The summed E-state index contributed by atoms with van der Waals surface area (Å²) >= 11 is 0. The standard InChI is InChI=1S/C9H16O3/c1-8-7-9(11,3-2-5-10)4-6-12-8/h5,8,11H,2-4,6-7H2,1H3. The molecule has 3 nitrogen and oxygen atoms in total. The predicted molar refractivity (Wildman–Crippen MR) is 44.9 cm³/mol. The molecule has 1 fully saturated rings. The van der Waals surface area contributed by atoms with Crippen molar-refractivity contribution in [2.45, 2.75) is 44.3 Å². The maximum atomic E-state index is 10.1. The van der Waals surface area contributed by atoms with E-state index in [1.165, 1.54) is 0 Å². The van der Waals surface area contributed by atoms with Crippen molar-refractivity contribution < 1.29 is 14.6 Å². The van der Waals surface area contributed by atoms with Gasteiger partial charge in [-0.05, 0) is 19.8 Å². The van der Waals surface area contributed by atoms with Gasteiger partial charge in [-0.25, -0.2) is 0 Å². The second kappa shape index (κ2) is 4.01. The fourth-order valence-electron chi connectivity index (χ4n) is 1.70. The van der Waals surface area contributed by atoms with E-state index < -0.39 is 5.60 Å². The van der Waals surface area contributed by atoms with E-state index in [-0.39, 0.29) is 6.10 Å². The number of ether oxygens (including phenoxy) is 1. The Morgan fingerprint density at radius 2 is 2.50 bits per heavy atom. The molecule has 1 saturated heterocycles. The summed E-state index contributed by atoms with van der Waals surface area (Å²) in [4.78, 5) is 10.1. The summed E-state index contributed by atoms with van der Waals surface area (Å²) in [5.41, 5.74) is -0.654. The van der Waals surface area contributed by atoms with E-state index in [1.807, 2.05) is 6.92 Å². The topological polar surface area (TPSA) is 46.5 Å². The van der Waals surface area contributed by atoms with Gasteiger partial charge in [0.1, 0.15) is 6.29 Å². The number of aldehydes is 1. The Kier molecular flexibility index (Phi) is 3.23. The van der Waals surface area contributed by atoms with Crippen LogP contribution in [0.25, 0.3) is 0 Å². The van der Waals surface area contributed by atoms with Gasteiger partial charge in [0.05, 0.1) is 11.7 Å². The molecule has 3 heteroatoms. The van der Waals surface area contributed by atoms with Crippen LogP contribution in [0.3, 0.4) is 0 Å². The van der Waals surface area contributed by atoms with Crippen molar-refractivity contribution >= 4 is 6.29 Å². The van der Waals surface area contributed by atoms with Crippen molar-refractivity contribution in [3.8, 4) is 0 Å². The lowest BCUT2D eigenvalue weighted by Gasteiger charge is -2.35. The molecular weight excluding hydrogens is 156 g/mol. The molecule has 0 aromatic carbocycles. The van der Waals surface area contributed by atoms with Gasteiger partial charge in [0.2, 0.25) is 0 Å². The predicted octanol–water partition coefficient (Wildman–Crippen LogP) is 0.895. The summed E-state index contributed by atoms with van der Waals surface area (Å²) in [6.45, 7) is 2.56. The molecule has 1 aliphatic heterocycles. The highest BCUT2D eigenvalue weighted by molar-refractivity contribution is 5.49. The van der Waals surface area contributed by atoms with E-state index in [4.69, 9.17) is 4.74 Å². The van der Waals surface area contributed by atoms with E-state index in [2.05, 4.69) is 0 Å². The second-order valence-electron chi connectivity index (χ2n) is 3.57. The summed E-state index contributed by atoms with van der Waals surface area (Å²) in [5.74, 6) is 0. The van der Waals surface area contributed by atoms with Crippen molar-refractivity contribution in [1.82, 2.24) is 0 Å². The number of carbonyl (C=O) groups is 1. The maximum absolute atomic E-state index is 10.1. The molecule has 0 aromatic heterocycles. The zero-order valence-corrected chi connectivity index (χ0v) is 7.45. The first-order valence-corrected chi connectivity index (χ1v) is 4.44. The van der Waals surface area contributed by atoms with Crippen molar-refractivity contribution in [3.05, 3.63) is 0 Å². The average Bonchev–Trinajstić information content (AvgIpc) is 2.01.